The molecule has 0 aromatic carbocycles. The maximum absolute atomic E-state index is 5.82. The molecule has 5 heteroatoms. The molecule has 1 N–H and O–H groups in total. The van der Waals surface area contributed by atoms with Gasteiger partial charge in [-0.25, -0.2) is 4.98 Å². The van der Waals surface area contributed by atoms with Gasteiger partial charge in [-0.3, -0.25) is 0 Å². The first-order chi connectivity index (χ1) is 9.35. The molecule has 0 spiro atoms. The van der Waals surface area contributed by atoms with E-state index in [0.717, 1.165) is 37.3 Å². The van der Waals surface area contributed by atoms with Gasteiger partial charge < -0.3 is 15.0 Å². The van der Waals surface area contributed by atoms with Crippen LogP contribution in [0.5, 0.6) is 0 Å². The van der Waals surface area contributed by atoms with Crippen LogP contribution in [0.2, 0.25) is 0 Å². The van der Waals surface area contributed by atoms with E-state index in [4.69, 9.17) is 4.74 Å². The van der Waals surface area contributed by atoms with Gasteiger partial charge in [0.1, 0.15) is 0 Å². The van der Waals surface area contributed by atoms with Crippen LogP contribution in [0.1, 0.15) is 12.8 Å². The number of hydrogen-bond acceptors (Lipinski definition) is 5. The number of morpholine rings is 1. The number of anilines is 1. The van der Waals surface area contributed by atoms with Crippen LogP contribution in [-0.2, 0) is 4.74 Å². The SMILES string of the molecule is CSc1ccc(N2CCO[C@@H](CNC3CC3)C2)cn1. The first-order valence-corrected chi connectivity index (χ1v) is 8.17. The Morgan fingerprint density at radius 3 is 3.05 bits per heavy atom. The van der Waals surface area contributed by atoms with E-state index in [1.807, 2.05) is 6.20 Å². The van der Waals surface area contributed by atoms with Crippen molar-refractivity contribution < 1.29 is 4.74 Å². The minimum atomic E-state index is 0.301. The topological polar surface area (TPSA) is 37.4 Å². The summed E-state index contributed by atoms with van der Waals surface area (Å²) in [4.78, 5) is 6.82. The fourth-order valence-electron chi connectivity index (χ4n) is 2.34. The van der Waals surface area contributed by atoms with Crippen LogP contribution in [0, 0.1) is 0 Å². The van der Waals surface area contributed by atoms with Gasteiger partial charge in [-0.05, 0) is 31.2 Å². The Labute approximate surface area is 118 Å². The lowest BCUT2D eigenvalue weighted by atomic mass is 10.2. The third kappa shape index (κ3) is 3.61. The highest BCUT2D eigenvalue weighted by molar-refractivity contribution is 7.98. The quantitative estimate of drug-likeness (QED) is 0.831. The Balaban J connectivity index is 1.56. The zero-order chi connectivity index (χ0) is 13.1. The van der Waals surface area contributed by atoms with Crippen LogP contribution < -0.4 is 10.2 Å². The highest BCUT2D eigenvalue weighted by Crippen LogP contribution is 2.21. The second kappa shape index (κ2) is 6.11. The van der Waals surface area contributed by atoms with Gasteiger partial charge in [0.15, 0.2) is 0 Å². The molecule has 3 rings (SSSR count). The van der Waals surface area contributed by atoms with E-state index >= 15 is 0 Å². The second-order valence-electron chi connectivity index (χ2n) is 5.18. The number of nitrogens with zero attached hydrogens (tertiary/aromatic N) is 2. The second-order valence-corrected chi connectivity index (χ2v) is 6.01. The van der Waals surface area contributed by atoms with Crippen LogP contribution in [-0.4, -0.2) is 49.6 Å². The monoisotopic (exact) mass is 279 g/mol. The van der Waals surface area contributed by atoms with Crippen molar-refractivity contribution in [2.45, 2.75) is 30.0 Å². The summed E-state index contributed by atoms with van der Waals surface area (Å²) < 4.78 is 5.82. The van der Waals surface area contributed by atoms with Gasteiger partial charge in [0.05, 0.1) is 29.6 Å². The summed E-state index contributed by atoms with van der Waals surface area (Å²) in [5.41, 5.74) is 1.21. The predicted molar refractivity (Wildman–Crippen MR) is 79.0 cm³/mol. The molecule has 0 bridgehead atoms. The Bertz CT molecular complexity index is 408. The molecule has 4 nitrogen and oxygen atoms in total. The number of hydrogen-bond donors (Lipinski definition) is 1. The third-order valence-electron chi connectivity index (χ3n) is 3.65. The molecule has 2 fully saturated rings. The van der Waals surface area contributed by atoms with Crippen LogP contribution in [0.3, 0.4) is 0 Å². The number of ether oxygens (including phenoxy) is 1. The summed E-state index contributed by atoms with van der Waals surface area (Å²) >= 11 is 1.68. The standard InChI is InChI=1S/C14H21N3OS/c1-19-14-5-4-12(8-16-14)17-6-7-18-13(10-17)9-15-11-2-3-11/h4-5,8,11,13,15H,2-3,6-7,9-10H2,1H3/t13-/m0/s1. The van der Waals surface area contributed by atoms with Gasteiger partial charge in [0, 0.05) is 25.7 Å². The van der Waals surface area contributed by atoms with E-state index in [1.54, 1.807) is 11.8 Å². The van der Waals surface area contributed by atoms with E-state index < -0.39 is 0 Å². The first-order valence-electron chi connectivity index (χ1n) is 6.95. The average Bonchev–Trinajstić information content (AvgIpc) is 3.30. The molecule has 1 aromatic heterocycles. The number of nitrogens with one attached hydrogen (secondary N) is 1. The van der Waals surface area contributed by atoms with E-state index in [1.165, 1.54) is 18.5 Å². The molecular formula is C14H21N3OS. The van der Waals surface area contributed by atoms with Gasteiger partial charge in [0.2, 0.25) is 0 Å². The summed E-state index contributed by atoms with van der Waals surface area (Å²) in [6, 6.07) is 5.00. The third-order valence-corrected chi connectivity index (χ3v) is 4.31. The number of aromatic nitrogens is 1. The van der Waals surface area contributed by atoms with Crippen molar-refractivity contribution in [3.05, 3.63) is 18.3 Å². The largest absolute Gasteiger partial charge is 0.373 e. The van der Waals surface area contributed by atoms with Gasteiger partial charge >= 0.3 is 0 Å². The van der Waals surface area contributed by atoms with Crippen LogP contribution in [0.25, 0.3) is 0 Å². The number of pyridine rings is 1. The van der Waals surface area contributed by atoms with Gasteiger partial charge in [-0.1, -0.05) is 0 Å². The highest BCUT2D eigenvalue weighted by Gasteiger charge is 2.25. The Morgan fingerprint density at radius 1 is 1.47 bits per heavy atom. The Kier molecular flexibility index (Phi) is 4.25. The molecule has 19 heavy (non-hydrogen) atoms. The van der Waals surface area contributed by atoms with E-state index in [2.05, 4.69) is 33.6 Å². The molecule has 1 aliphatic carbocycles. The van der Waals surface area contributed by atoms with Crippen molar-refractivity contribution in [2.75, 3.05) is 37.4 Å². The van der Waals surface area contributed by atoms with Crippen molar-refractivity contribution in [1.82, 2.24) is 10.3 Å². The van der Waals surface area contributed by atoms with Crippen molar-refractivity contribution in [3.63, 3.8) is 0 Å². The molecule has 0 unspecified atom stereocenters. The van der Waals surface area contributed by atoms with Crippen molar-refractivity contribution in [3.8, 4) is 0 Å². The average molecular weight is 279 g/mol. The van der Waals surface area contributed by atoms with Gasteiger partial charge in [0.25, 0.3) is 0 Å². The lowest BCUT2D eigenvalue weighted by Crippen LogP contribution is -2.47. The molecular weight excluding hydrogens is 258 g/mol. The molecule has 104 valence electrons. The summed E-state index contributed by atoms with van der Waals surface area (Å²) in [5, 5.41) is 4.62. The lowest BCUT2D eigenvalue weighted by Gasteiger charge is -2.34. The van der Waals surface area contributed by atoms with E-state index in [0.29, 0.717) is 6.10 Å². The van der Waals surface area contributed by atoms with Crippen LogP contribution in [0.15, 0.2) is 23.4 Å². The van der Waals surface area contributed by atoms with Crippen molar-refractivity contribution in [1.29, 1.82) is 0 Å². The fraction of sp³-hybridized carbons (Fsp3) is 0.643. The minimum absolute atomic E-state index is 0.301. The summed E-state index contributed by atoms with van der Waals surface area (Å²) in [5.74, 6) is 0. The van der Waals surface area contributed by atoms with Gasteiger partial charge in [-0.15, -0.1) is 11.8 Å². The van der Waals surface area contributed by atoms with E-state index in [9.17, 15) is 0 Å². The highest BCUT2D eigenvalue weighted by atomic mass is 32.2. The fourth-order valence-corrected chi connectivity index (χ4v) is 2.71. The normalized spacial score (nSPS) is 23.6. The van der Waals surface area contributed by atoms with Gasteiger partial charge in [-0.2, -0.15) is 0 Å². The molecule has 1 aromatic rings. The molecule has 1 saturated heterocycles. The zero-order valence-electron chi connectivity index (χ0n) is 11.3. The Morgan fingerprint density at radius 2 is 2.37 bits per heavy atom. The maximum atomic E-state index is 5.82. The van der Waals surface area contributed by atoms with E-state index in [-0.39, 0.29) is 0 Å². The molecule has 1 atom stereocenters. The maximum Gasteiger partial charge on any atom is 0.0958 e. The summed E-state index contributed by atoms with van der Waals surface area (Å²) in [6.45, 7) is 3.69. The van der Waals surface area contributed by atoms with Crippen molar-refractivity contribution in [2.24, 2.45) is 0 Å². The number of thioether (sulfide) groups is 1. The minimum Gasteiger partial charge on any atom is -0.373 e. The number of rotatable bonds is 5. The molecule has 2 heterocycles. The van der Waals surface area contributed by atoms with Crippen LogP contribution in [0.4, 0.5) is 5.69 Å². The molecule has 0 radical (unpaired) electrons. The smallest absolute Gasteiger partial charge is 0.0958 e. The summed E-state index contributed by atoms with van der Waals surface area (Å²) in [7, 11) is 0. The predicted octanol–water partition coefficient (Wildman–Crippen LogP) is 1.76. The summed E-state index contributed by atoms with van der Waals surface area (Å²) in [6.07, 6.45) is 6.99. The molecule has 1 saturated carbocycles. The Hall–Kier alpha value is -0.780. The van der Waals surface area contributed by atoms with Crippen LogP contribution >= 0.6 is 11.8 Å². The zero-order valence-corrected chi connectivity index (χ0v) is 12.2. The first kappa shape index (κ1) is 13.2. The molecule has 1 aliphatic heterocycles. The lowest BCUT2D eigenvalue weighted by molar-refractivity contribution is 0.0407. The molecule has 0 amide bonds. The van der Waals surface area contributed by atoms with Crippen molar-refractivity contribution >= 4 is 17.4 Å². The molecule has 2 aliphatic rings.